The van der Waals surface area contributed by atoms with E-state index in [9.17, 15) is 0 Å². The topological polar surface area (TPSA) is 3.24 Å². The van der Waals surface area contributed by atoms with Crippen molar-refractivity contribution in [2.75, 3.05) is 6.54 Å². The summed E-state index contributed by atoms with van der Waals surface area (Å²) in [6.07, 6.45) is 4.34. The molecule has 0 bridgehead atoms. The highest BCUT2D eigenvalue weighted by atomic mass is 127. The Bertz CT molecular complexity index is 173. The van der Waals surface area contributed by atoms with E-state index in [0.717, 1.165) is 19.4 Å². The van der Waals surface area contributed by atoms with E-state index in [1.165, 1.54) is 9.40 Å². The Labute approximate surface area is 89.7 Å². The molecular formula is C10H18IN. The fraction of sp³-hybridized carbons (Fsp3) is 0.600. The zero-order valence-electron chi connectivity index (χ0n) is 8.23. The standard InChI is InChI=1S/C10H18IN/c1-5-8-10(11)12(7-3)9(4)6-2/h8H,4-7H2,1-3H3/b10-8-. The average Bonchev–Trinajstić information content (AvgIpc) is 2.06. The highest BCUT2D eigenvalue weighted by Crippen LogP contribution is 2.19. The molecule has 0 aliphatic rings. The van der Waals surface area contributed by atoms with Gasteiger partial charge in [-0.25, -0.2) is 0 Å². The van der Waals surface area contributed by atoms with Crippen molar-refractivity contribution in [2.45, 2.75) is 33.6 Å². The van der Waals surface area contributed by atoms with Crippen LogP contribution in [0.2, 0.25) is 0 Å². The van der Waals surface area contributed by atoms with E-state index in [2.05, 4.69) is 60.9 Å². The maximum Gasteiger partial charge on any atom is 0.0758 e. The summed E-state index contributed by atoms with van der Waals surface area (Å²) in [6, 6.07) is 0. The van der Waals surface area contributed by atoms with Gasteiger partial charge in [-0.3, -0.25) is 0 Å². The molecule has 0 N–H and O–H groups in total. The molecule has 0 fully saturated rings. The van der Waals surface area contributed by atoms with Gasteiger partial charge in [-0.2, -0.15) is 0 Å². The Morgan fingerprint density at radius 3 is 2.33 bits per heavy atom. The summed E-state index contributed by atoms with van der Waals surface area (Å²) in [5.74, 6) is 0. The lowest BCUT2D eigenvalue weighted by Gasteiger charge is -2.23. The number of nitrogens with zero attached hydrogens (tertiary/aromatic N) is 1. The second-order valence-corrected chi connectivity index (χ2v) is 3.70. The smallest absolute Gasteiger partial charge is 0.0758 e. The minimum atomic E-state index is 1.02. The van der Waals surface area contributed by atoms with E-state index >= 15 is 0 Å². The number of halogens is 1. The van der Waals surface area contributed by atoms with Gasteiger partial charge < -0.3 is 4.90 Å². The summed E-state index contributed by atoms with van der Waals surface area (Å²) in [4.78, 5) is 2.25. The molecule has 0 saturated carbocycles. The first kappa shape index (κ1) is 12.0. The van der Waals surface area contributed by atoms with Crippen molar-refractivity contribution in [2.24, 2.45) is 0 Å². The van der Waals surface area contributed by atoms with Crippen LogP contribution in [0.3, 0.4) is 0 Å². The SMILES string of the molecule is C=C(CC)N(CC)/C(I)=C\CC. The van der Waals surface area contributed by atoms with E-state index in [-0.39, 0.29) is 0 Å². The molecule has 1 nitrogen and oxygen atoms in total. The molecule has 0 aromatic rings. The Morgan fingerprint density at radius 1 is 1.42 bits per heavy atom. The third-order valence-electron chi connectivity index (χ3n) is 1.74. The second-order valence-electron chi connectivity index (χ2n) is 2.60. The summed E-state index contributed by atoms with van der Waals surface area (Å²) >= 11 is 2.37. The van der Waals surface area contributed by atoms with Crippen LogP contribution in [0.4, 0.5) is 0 Å². The first-order valence-electron chi connectivity index (χ1n) is 4.48. The summed E-state index contributed by atoms with van der Waals surface area (Å²) < 4.78 is 1.30. The van der Waals surface area contributed by atoms with E-state index in [0.29, 0.717) is 0 Å². The van der Waals surface area contributed by atoms with Crippen molar-refractivity contribution in [3.63, 3.8) is 0 Å². The zero-order valence-corrected chi connectivity index (χ0v) is 10.4. The van der Waals surface area contributed by atoms with Crippen LogP contribution in [0, 0.1) is 0 Å². The molecule has 0 heterocycles. The van der Waals surface area contributed by atoms with Crippen molar-refractivity contribution < 1.29 is 0 Å². The first-order chi connectivity index (χ1) is 5.67. The maximum absolute atomic E-state index is 4.03. The van der Waals surface area contributed by atoms with Gasteiger partial charge in [0.1, 0.15) is 0 Å². The van der Waals surface area contributed by atoms with Crippen LogP contribution < -0.4 is 0 Å². The lowest BCUT2D eigenvalue weighted by molar-refractivity contribution is 0.471. The fourth-order valence-corrected chi connectivity index (χ4v) is 2.12. The number of allylic oxidation sites excluding steroid dienone is 2. The molecule has 2 heteroatoms. The quantitative estimate of drug-likeness (QED) is 0.544. The lowest BCUT2D eigenvalue weighted by Crippen LogP contribution is -2.18. The molecular weight excluding hydrogens is 261 g/mol. The van der Waals surface area contributed by atoms with Gasteiger partial charge in [-0.15, -0.1) is 0 Å². The summed E-state index contributed by atoms with van der Waals surface area (Å²) in [7, 11) is 0. The number of hydrogen-bond donors (Lipinski definition) is 0. The average molecular weight is 279 g/mol. The van der Waals surface area contributed by atoms with E-state index in [4.69, 9.17) is 0 Å². The molecule has 0 atom stereocenters. The largest absolute Gasteiger partial charge is 0.341 e. The van der Waals surface area contributed by atoms with E-state index in [1.54, 1.807) is 0 Å². The van der Waals surface area contributed by atoms with Crippen molar-refractivity contribution >= 4 is 22.6 Å². The predicted molar refractivity (Wildman–Crippen MR) is 64.2 cm³/mol. The molecule has 0 amide bonds. The molecule has 12 heavy (non-hydrogen) atoms. The van der Waals surface area contributed by atoms with Crippen LogP contribution in [-0.4, -0.2) is 11.4 Å². The van der Waals surface area contributed by atoms with Gasteiger partial charge in [0.2, 0.25) is 0 Å². The Morgan fingerprint density at radius 2 is 2.00 bits per heavy atom. The normalized spacial score (nSPS) is 11.5. The molecule has 70 valence electrons. The zero-order chi connectivity index (χ0) is 9.56. The number of hydrogen-bond acceptors (Lipinski definition) is 1. The Balaban J connectivity index is 4.33. The highest BCUT2D eigenvalue weighted by Gasteiger charge is 2.05. The van der Waals surface area contributed by atoms with E-state index < -0.39 is 0 Å². The van der Waals surface area contributed by atoms with Crippen LogP contribution in [0.5, 0.6) is 0 Å². The van der Waals surface area contributed by atoms with Crippen molar-refractivity contribution in [1.29, 1.82) is 0 Å². The van der Waals surface area contributed by atoms with Crippen molar-refractivity contribution in [1.82, 2.24) is 4.90 Å². The molecule has 0 spiro atoms. The third-order valence-corrected chi connectivity index (χ3v) is 2.76. The highest BCUT2D eigenvalue weighted by molar-refractivity contribution is 14.1. The van der Waals surface area contributed by atoms with Crippen LogP contribution in [0.15, 0.2) is 22.1 Å². The summed E-state index contributed by atoms with van der Waals surface area (Å²) in [5.41, 5.74) is 1.20. The minimum Gasteiger partial charge on any atom is -0.341 e. The third kappa shape index (κ3) is 3.61. The van der Waals surface area contributed by atoms with Gasteiger partial charge in [0.15, 0.2) is 0 Å². The predicted octanol–water partition coefficient (Wildman–Crippen LogP) is 3.92. The van der Waals surface area contributed by atoms with Gasteiger partial charge in [-0.1, -0.05) is 26.5 Å². The van der Waals surface area contributed by atoms with Crippen molar-refractivity contribution in [3.05, 3.63) is 22.1 Å². The number of rotatable bonds is 5. The van der Waals surface area contributed by atoms with Crippen molar-refractivity contribution in [3.8, 4) is 0 Å². The van der Waals surface area contributed by atoms with Gasteiger partial charge in [0.05, 0.1) is 3.70 Å². The van der Waals surface area contributed by atoms with Gasteiger partial charge in [-0.05, 0) is 42.4 Å². The maximum atomic E-state index is 4.03. The van der Waals surface area contributed by atoms with Gasteiger partial charge in [0, 0.05) is 12.2 Å². The second kappa shape index (κ2) is 6.52. The van der Waals surface area contributed by atoms with Gasteiger partial charge in [0.25, 0.3) is 0 Å². The van der Waals surface area contributed by atoms with Crippen LogP contribution in [0.1, 0.15) is 33.6 Å². The Hall–Kier alpha value is 0.01000. The first-order valence-corrected chi connectivity index (χ1v) is 5.56. The molecule has 0 aliphatic heterocycles. The van der Waals surface area contributed by atoms with E-state index in [1.807, 2.05) is 0 Å². The molecule has 0 aromatic carbocycles. The minimum absolute atomic E-state index is 1.02. The van der Waals surface area contributed by atoms with Crippen LogP contribution >= 0.6 is 22.6 Å². The molecule has 0 radical (unpaired) electrons. The molecule has 0 aliphatic carbocycles. The van der Waals surface area contributed by atoms with Crippen LogP contribution in [0.25, 0.3) is 0 Å². The molecule has 0 rings (SSSR count). The fourth-order valence-electron chi connectivity index (χ4n) is 0.995. The Kier molecular flexibility index (Phi) is 6.52. The summed E-state index contributed by atoms with van der Waals surface area (Å²) in [5, 5.41) is 0. The molecule has 0 unspecified atom stereocenters. The van der Waals surface area contributed by atoms with Gasteiger partial charge >= 0.3 is 0 Å². The summed E-state index contributed by atoms with van der Waals surface area (Å²) in [6.45, 7) is 11.5. The monoisotopic (exact) mass is 279 g/mol. The lowest BCUT2D eigenvalue weighted by atomic mass is 10.3. The molecule has 0 saturated heterocycles. The molecule has 0 aromatic heterocycles. The van der Waals surface area contributed by atoms with Crippen LogP contribution in [-0.2, 0) is 0 Å².